The quantitative estimate of drug-likeness (QED) is 0.793. The normalized spacial score (nSPS) is 28.5. The molecule has 0 bridgehead atoms. The van der Waals surface area contributed by atoms with Gasteiger partial charge in [0.15, 0.2) is 0 Å². The van der Waals surface area contributed by atoms with Gasteiger partial charge in [0.25, 0.3) is 0 Å². The van der Waals surface area contributed by atoms with Gasteiger partial charge >= 0.3 is 0 Å². The van der Waals surface area contributed by atoms with Crippen molar-refractivity contribution in [3.8, 4) is 0 Å². The number of piperidine rings is 1. The average Bonchev–Trinajstić information content (AvgIpc) is 2.96. The fourth-order valence-electron chi connectivity index (χ4n) is 3.24. The summed E-state index contributed by atoms with van der Waals surface area (Å²) in [7, 11) is 0. The van der Waals surface area contributed by atoms with Gasteiger partial charge in [-0.15, -0.1) is 0 Å². The molecule has 3 rings (SSSR count). The van der Waals surface area contributed by atoms with Crippen LogP contribution in [0.3, 0.4) is 0 Å². The number of aromatic nitrogens is 2. The molecule has 2 aliphatic heterocycles. The van der Waals surface area contributed by atoms with Gasteiger partial charge in [-0.25, -0.2) is 0 Å². The van der Waals surface area contributed by atoms with Crippen molar-refractivity contribution in [3.05, 3.63) is 18.0 Å². The number of hydrogen-bond donors (Lipinski definition) is 2. The predicted octanol–water partition coefficient (Wildman–Crippen LogP) is 0.0592. The van der Waals surface area contributed by atoms with E-state index in [2.05, 4.69) is 15.3 Å². The second-order valence-electron chi connectivity index (χ2n) is 5.49. The Bertz CT molecular complexity index is 378. The molecule has 0 spiro atoms. The molecule has 0 amide bonds. The van der Waals surface area contributed by atoms with Crippen molar-refractivity contribution in [3.63, 3.8) is 0 Å². The molecular weight excluding hydrogens is 228 g/mol. The smallest absolute Gasteiger partial charge is 0.0640 e. The van der Waals surface area contributed by atoms with E-state index in [1.807, 2.05) is 17.1 Å². The second kappa shape index (κ2) is 5.38. The van der Waals surface area contributed by atoms with Crippen LogP contribution < -0.4 is 5.32 Å². The van der Waals surface area contributed by atoms with Crippen molar-refractivity contribution >= 4 is 0 Å². The van der Waals surface area contributed by atoms with Crippen LogP contribution in [0.25, 0.3) is 0 Å². The van der Waals surface area contributed by atoms with Crippen LogP contribution in [0, 0.1) is 5.92 Å². The molecule has 2 aliphatic rings. The summed E-state index contributed by atoms with van der Waals surface area (Å²) >= 11 is 0. The molecule has 0 aromatic carbocycles. The monoisotopic (exact) mass is 250 g/mol. The molecule has 2 fully saturated rings. The Morgan fingerprint density at radius 3 is 3.22 bits per heavy atom. The Morgan fingerprint density at radius 2 is 2.39 bits per heavy atom. The Hall–Kier alpha value is -0.910. The van der Waals surface area contributed by atoms with Crippen LogP contribution in [0.15, 0.2) is 12.4 Å². The topological polar surface area (TPSA) is 53.3 Å². The van der Waals surface area contributed by atoms with E-state index in [-0.39, 0.29) is 6.61 Å². The molecule has 0 radical (unpaired) electrons. The number of aliphatic hydroxyl groups is 1. The van der Waals surface area contributed by atoms with Crippen molar-refractivity contribution in [2.75, 3.05) is 26.2 Å². The van der Waals surface area contributed by atoms with Gasteiger partial charge in [-0.3, -0.25) is 9.58 Å². The third kappa shape index (κ3) is 2.58. The van der Waals surface area contributed by atoms with Gasteiger partial charge in [-0.05, 0) is 25.3 Å². The first-order chi connectivity index (χ1) is 8.85. The van der Waals surface area contributed by atoms with Crippen molar-refractivity contribution in [2.45, 2.75) is 32.0 Å². The lowest BCUT2D eigenvalue weighted by atomic mass is 9.94. The first-order valence-corrected chi connectivity index (χ1v) is 6.93. The second-order valence-corrected chi connectivity index (χ2v) is 5.49. The van der Waals surface area contributed by atoms with Crippen molar-refractivity contribution in [1.82, 2.24) is 20.0 Å². The zero-order chi connectivity index (χ0) is 12.4. The minimum atomic E-state index is 0.152. The zero-order valence-corrected chi connectivity index (χ0v) is 10.8. The van der Waals surface area contributed by atoms with E-state index in [4.69, 9.17) is 5.11 Å². The van der Waals surface area contributed by atoms with E-state index >= 15 is 0 Å². The molecule has 100 valence electrons. The molecule has 5 nitrogen and oxygen atoms in total. The summed E-state index contributed by atoms with van der Waals surface area (Å²) in [6.07, 6.45) is 6.66. The maximum atomic E-state index is 8.87. The number of nitrogens with one attached hydrogen (secondary N) is 1. The fourth-order valence-corrected chi connectivity index (χ4v) is 3.24. The molecule has 2 unspecified atom stereocenters. The summed E-state index contributed by atoms with van der Waals surface area (Å²) in [5, 5.41) is 16.8. The van der Waals surface area contributed by atoms with Crippen LogP contribution in [0.5, 0.6) is 0 Å². The molecule has 0 aliphatic carbocycles. The van der Waals surface area contributed by atoms with E-state index < -0.39 is 0 Å². The first-order valence-electron chi connectivity index (χ1n) is 6.93. The SMILES string of the molecule is OCCn1cc(CN2CC3CCCNC3C2)cn1. The summed E-state index contributed by atoms with van der Waals surface area (Å²) in [6.45, 7) is 5.29. The van der Waals surface area contributed by atoms with E-state index in [9.17, 15) is 0 Å². The number of rotatable bonds is 4. The van der Waals surface area contributed by atoms with Gasteiger partial charge in [-0.2, -0.15) is 5.10 Å². The average molecular weight is 250 g/mol. The van der Waals surface area contributed by atoms with Crippen LogP contribution in [0.1, 0.15) is 18.4 Å². The van der Waals surface area contributed by atoms with Crippen LogP contribution in [0.4, 0.5) is 0 Å². The number of hydrogen-bond acceptors (Lipinski definition) is 4. The zero-order valence-electron chi connectivity index (χ0n) is 10.8. The minimum absolute atomic E-state index is 0.152. The summed E-state index contributed by atoms with van der Waals surface area (Å²) in [6, 6.07) is 0.700. The number of aliphatic hydroxyl groups excluding tert-OH is 1. The van der Waals surface area contributed by atoms with E-state index in [0.717, 1.165) is 19.0 Å². The number of likely N-dealkylation sites (tertiary alicyclic amines) is 1. The fraction of sp³-hybridized carbons (Fsp3) is 0.769. The third-order valence-corrected chi connectivity index (χ3v) is 4.10. The molecule has 5 heteroatoms. The van der Waals surface area contributed by atoms with Crippen molar-refractivity contribution < 1.29 is 5.11 Å². The van der Waals surface area contributed by atoms with Crippen LogP contribution >= 0.6 is 0 Å². The van der Waals surface area contributed by atoms with Gasteiger partial charge < -0.3 is 10.4 Å². The van der Waals surface area contributed by atoms with E-state index in [1.54, 1.807) is 0 Å². The summed E-state index contributed by atoms with van der Waals surface area (Å²) in [5.74, 6) is 0.839. The standard InChI is InChI=1S/C13H22N4O/c18-5-4-17-8-11(6-15-17)7-16-9-12-2-1-3-14-13(12)10-16/h6,8,12-14,18H,1-5,7,9-10H2. The Kier molecular flexibility index (Phi) is 3.63. The molecule has 18 heavy (non-hydrogen) atoms. The highest BCUT2D eigenvalue weighted by atomic mass is 16.3. The van der Waals surface area contributed by atoms with Crippen LogP contribution in [-0.4, -0.2) is 52.1 Å². The van der Waals surface area contributed by atoms with Crippen molar-refractivity contribution in [1.29, 1.82) is 0 Å². The van der Waals surface area contributed by atoms with Gasteiger partial charge in [-0.1, -0.05) is 0 Å². The molecular formula is C13H22N4O. The molecule has 2 N–H and O–H groups in total. The molecule has 2 saturated heterocycles. The largest absolute Gasteiger partial charge is 0.394 e. The Balaban J connectivity index is 1.56. The van der Waals surface area contributed by atoms with Gasteiger partial charge in [0.2, 0.25) is 0 Å². The lowest BCUT2D eigenvalue weighted by molar-refractivity contribution is 0.269. The van der Waals surface area contributed by atoms with Gasteiger partial charge in [0, 0.05) is 37.4 Å². The summed E-state index contributed by atoms with van der Waals surface area (Å²) < 4.78 is 1.82. The maximum Gasteiger partial charge on any atom is 0.0640 e. The molecule has 1 aromatic heterocycles. The summed E-state index contributed by atoms with van der Waals surface area (Å²) in [5.41, 5.74) is 1.25. The molecule has 1 aromatic rings. The maximum absolute atomic E-state index is 8.87. The summed E-state index contributed by atoms with van der Waals surface area (Å²) in [4.78, 5) is 2.52. The first kappa shape index (κ1) is 12.1. The minimum Gasteiger partial charge on any atom is -0.394 e. The van der Waals surface area contributed by atoms with E-state index in [0.29, 0.717) is 12.6 Å². The van der Waals surface area contributed by atoms with Crippen LogP contribution in [-0.2, 0) is 13.1 Å². The number of nitrogens with zero attached hydrogens (tertiary/aromatic N) is 3. The lowest BCUT2D eigenvalue weighted by Crippen LogP contribution is -2.40. The highest BCUT2D eigenvalue weighted by molar-refractivity contribution is 5.05. The molecule has 3 heterocycles. The van der Waals surface area contributed by atoms with Gasteiger partial charge in [0.05, 0.1) is 19.3 Å². The Labute approximate surface area is 108 Å². The highest BCUT2D eigenvalue weighted by Crippen LogP contribution is 2.25. The lowest BCUT2D eigenvalue weighted by Gasteiger charge is -2.24. The van der Waals surface area contributed by atoms with Crippen LogP contribution in [0.2, 0.25) is 0 Å². The predicted molar refractivity (Wildman–Crippen MR) is 69.1 cm³/mol. The Morgan fingerprint density at radius 1 is 1.44 bits per heavy atom. The highest BCUT2D eigenvalue weighted by Gasteiger charge is 2.33. The van der Waals surface area contributed by atoms with E-state index in [1.165, 1.54) is 31.5 Å². The number of fused-ring (bicyclic) bond motifs is 1. The van der Waals surface area contributed by atoms with Crippen molar-refractivity contribution in [2.24, 2.45) is 5.92 Å². The third-order valence-electron chi connectivity index (χ3n) is 4.10. The van der Waals surface area contributed by atoms with Gasteiger partial charge in [0.1, 0.15) is 0 Å². The molecule has 2 atom stereocenters. The molecule has 0 saturated carbocycles.